The van der Waals surface area contributed by atoms with Crippen LogP contribution < -0.4 is 10.4 Å². The van der Waals surface area contributed by atoms with E-state index >= 15 is 0 Å². The average Bonchev–Trinajstić information content (AvgIpc) is 3.52. The van der Waals surface area contributed by atoms with Crippen molar-refractivity contribution in [1.29, 1.82) is 5.26 Å². The van der Waals surface area contributed by atoms with Crippen LogP contribution in [0, 0.1) is 25.2 Å². The molecule has 3 aromatic heterocycles. The topological polar surface area (TPSA) is 136 Å². The molecule has 2 amide bonds. The number of fused-ring (bicyclic) bond motifs is 2. The highest BCUT2D eigenvalue weighted by Gasteiger charge is 2.32. The molecule has 4 aromatic rings. The summed E-state index contributed by atoms with van der Waals surface area (Å²) < 4.78 is 2.44. The van der Waals surface area contributed by atoms with E-state index in [1.807, 2.05) is 39.8 Å². The Kier molecular flexibility index (Phi) is 7.12. The van der Waals surface area contributed by atoms with Crippen LogP contribution in [0.25, 0.3) is 15.7 Å². The number of benzene rings is 1. The molecular weight excluding hydrogens is 530 g/mol. The first-order valence-corrected chi connectivity index (χ1v) is 13.8. The van der Waals surface area contributed by atoms with Gasteiger partial charge in [-0.15, -0.1) is 11.3 Å². The molecule has 1 aliphatic rings. The van der Waals surface area contributed by atoms with Gasteiger partial charge in [-0.1, -0.05) is 0 Å². The van der Waals surface area contributed by atoms with Crippen LogP contribution in [0.2, 0.25) is 0 Å². The second kappa shape index (κ2) is 10.4. The van der Waals surface area contributed by atoms with Gasteiger partial charge in [-0.05, 0) is 71.7 Å². The van der Waals surface area contributed by atoms with Crippen LogP contribution >= 0.6 is 11.3 Å². The first-order valence-electron chi connectivity index (χ1n) is 13.0. The van der Waals surface area contributed by atoms with Crippen LogP contribution in [0.3, 0.4) is 0 Å². The number of hydrogen-bond donors (Lipinski definition) is 2. The van der Waals surface area contributed by atoms with Crippen molar-refractivity contribution in [3.8, 4) is 6.07 Å². The highest BCUT2D eigenvalue weighted by Crippen LogP contribution is 2.36. The largest absolute Gasteiger partial charge is 0.465 e. The molecule has 0 saturated carbocycles. The molecule has 0 radical (unpaired) electrons. The van der Waals surface area contributed by atoms with E-state index in [1.54, 1.807) is 29.8 Å². The summed E-state index contributed by atoms with van der Waals surface area (Å²) in [7, 11) is 0. The third-order valence-electron chi connectivity index (χ3n) is 6.70. The van der Waals surface area contributed by atoms with Gasteiger partial charge in [0.25, 0.3) is 5.91 Å². The predicted molar refractivity (Wildman–Crippen MR) is 153 cm³/mol. The van der Waals surface area contributed by atoms with E-state index in [-0.39, 0.29) is 12.6 Å². The number of nitrogens with one attached hydrogen (secondary N) is 1. The molecular formula is C28H31N7O4S. The number of carboxylic acid groups (broad SMARTS) is 1. The molecule has 1 saturated heterocycles. The van der Waals surface area contributed by atoms with E-state index in [4.69, 9.17) is 4.84 Å². The number of amides is 2. The summed E-state index contributed by atoms with van der Waals surface area (Å²) in [6.45, 7) is 10.0. The summed E-state index contributed by atoms with van der Waals surface area (Å²) >= 11 is 1.51. The van der Waals surface area contributed by atoms with Crippen molar-refractivity contribution < 1.29 is 19.5 Å². The third-order valence-corrected chi connectivity index (χ3v) is 7.63. The van der Waals surface area contributed by atoms with Gasteiger partial charge in [0.05, 0.1) is 38.2 Å². The van der Waals surface area contributed by atoms with Crippen LogP contribution in [-0.2, 0) is 4.84 Å². The maximum atomic E-state index is 14.2. The van der Waals surface area contributed by atoms with Crippen LogP contribution in [0.1, 0.15) is 60.1 Å². The normalized spacial score (nSPS) is 15.8. The standard InChI is InChI=1S/C28H31N7O4S/c1-16-24(32-19-7-6-12-33(15-19)27(37)38)20(14-29)22-10-11-30-34(22)25(16)35(39-28(3,4)5)26(36)18-8-9-21-23(13-18)40-17(2)31-21/h8-11,13,19,32H,6-7,12,15H2,1-5H3,(H,37,38)/t19-/m0/s1. The summed E-state index contributed by atoms with van der Waals surface area (Å²) in [5.41, 5.74) is 2.44. The van der Waals surface area contributed by atoms with Crippen molar-refractivity contribution >= 4 is 50.6 Å². The van der Waals surface area contributed by atoms with Gasteiger partial charge in [0.15, 0.2) is 5.82 Å². The number of rotatable bonds is 5. The minimum absolute atomic E-state index is 0.210. The number of anilines is 2. The molecule has 12 heteroatoms. The Bertz CT molecular complexity index is 1660. The Labute approximate surface area is 235 Å². The van der Waals surface area contributed by atoms with Gasteiger partial charge in [0.2, 0.25) is 0 Å². The quantitative estimate of drug-likeness (QED) is 0.311. The fraction of sp³-hybridized carbons (Fsp3) is 0.393. The molecule has 1 aliphatic heterocycles. The molecule has 208 valence electrons. The van der Waals surface area contributed by atoms with E-state index in [9.17, 15) is 20.0 Å². The van der Waals surface area contributed by atoms with Crippen molar-refractivity contribution in [3.63, 3.8) is 0 Å². The van der Waals surface area contributed by atoms with Crippen molar-refractivity contribution in [2.45, 2.75) is 59.1 Å². The SMILES string of the molecule is Cc1nc2ccc(C(=O)N(OC(C)(C)C)c3c(C)c(N[C@H]4CCCN(C(=O)O)C4)c(C#N)c4ccnn34)cc2s1. The number of piperidine rings is 1. The predicted octanol–water partition coefficient (Wildman–Crippen LogP) is 5.36. The fourth-order valence-corrected chi connectivity index (χ4v) is 5.86. The summed E-state index contributed by atoms with van der Waals surface area (Å²) in [5.74, 6) is -0.0407. The lowest BCUT2D eigenvalue weighted by Crippen LogP contribution is -2.45. The third kappa shape index (κ3) is 5.17. The highest BCUT2D eigenvalue weighted by molar-refractivity contribution is 7.18. The first kappa shape index (κ1) is 27.4. The van der Waals surface area contributed by atoms with Crippen LogP contribution in [-0.4, -0.2) is 61.3 Å². The lowest BCUT2D eigenvalue weighted by atomic mass is 10.0. The number of aryl methyl sites for hydroxylation is 1. The van der Waals surface area contributed by atoms with E-state index < -0.39 is 17.6 Å². The molecule has 2 N–H and O–H groups in total. The van der Waals surface area contributed by atoms with Gasteiger partial charge in [0.1, 0.15) is 11.6 Å². The summed E-state index contributed by atoms with van der Waals surface area (Å²) in [4.78, 5) is 37.9. The lowest BCUT2D eigenvalue weighted by molar-refractivity contribution is -0.0172. The van der Waals surface area contributed by atoms with Crippen molar-refractivity contribution in [2.24, 2.45) is 0 Å². The smallest absolute Gasteiger partial charge is 0.407 e. The summed E-state index contributed by atoms with van der Waals surface area (Å²) in [6, 6.07) is 9.14. The maximum absolute atomic E-state index is 14.2. The Balaban J connectivity index is 1.65. The Morgan fingerprint density at radius 2 is 2.05 bits per heavy atom. The van der Waals surface area contributed by atoms with Gasteiger partial charge in [-0.3, -0.25) is 9.63 Å². The number of carbonyl (C=O) groups excluding carboxylic acids is 1. The molecule has 0 unspecified atom stereocenters. The van der Waals surface area contributed by atoms with Gasteiger partial charge in [0, 0.05) is 30.3 Å². The molecule has 5 rings (SSSR count). The zero-order valence-corrected chi connectivity index (χ0v) is 23.9. The van der Waals surface area contributed by atoms with E-state index in [1.165, 1.54) is 21.3 Å². The molecule has 4 heterocycles. The van der Waals surface area contributed by atoms with Gasteiger partial charge < -0.3 is 15.3 Å². The maximum Gasteiger partial charge on any atom is 0.407 e. The van der Waals surface area contributed by atoms with Crippen molar-refractivity contribution in [2.75, 3.05) is 23.5 Å². The number of carbonyl (C=O) groups is 2. The number of nitriles is 1. The van der Waals surface area contributed by atoms with Crippen LogP contribution in [0.4, 0.5) is 16.3 Å². The number of aromatic nitrogens is 3. The Morgan fingerprint density at radius 3 is 2.75 bits per heavy atom. The molecule has 0 spiro atoms. The van der Waals surface area contributed by atoms with E-state index in [0.29, 0.717) is 46.7 Å². The average molecular weight is 562 g/mol. The van der Waals surface area contributed by atoms with Crippen molar-refractivity contribution in [3.05, 3.63) is 52.2 Å². The number of thiazole rings is 1. The minimum Gasteiger partial charge on any atom is -0.465 e. The van der Waals surface area contributed by atoms with E-state index in [2.05, 4.69) is 21.5 Å². The van der Waals surface area contributed by atoms with Crippen LogP contribution in [0.15, 0.2) is 30.5 Å². The second-order valence-corrected chi connectivity index (χ2v) is 12.1. The van der Waals surface area contributed by atoms with E-state index in [0.717, 1.165) is 21.6 Å². The Morgan fingerprint density at radius 1 is 1.27 bits per heavy atom. The molecule has 0 aliphatic carbocycles. The summed E-state index contributed by atoms with van der Waals surface area (Å²) in [5, 5.41) is 29.8. The van der Waals surface area contributed by atoms with Crippen LogP contribution in [0.5, 0.6) is 0 Å². The fourth-order valence-electron chi connectivity index (χ4n) is 5.00. The number of pyridine rings is 1. The summed E-state index contributed by atoms with van der Waals surface area (Å²) in [6.07, 6.45) is 2.04. The lowest BCUT2D eigenvalue weighted by Gasteiger charge is -2.34. The first-order chi connectivity index (χ1) is 19.0. The number of hydrogen-bond acceptors (Lipinski definition) is 8. The molecule has 11 nitrogen and oxygen atoms in total. The minimum atomic E-state index is -0.973. The Hall–Kier alpha value is -4.21. The highest BCUT2D eigenvalue weighted by atomic mass is 32.1. The molecule has 1 fully saturated rings. The molecule has 0 bridgehead atoms. The number of likely N-dealkylation sites (tertiary alicyclic amines) is 1. The zero-order valence-electron chi connectivity index (χ0n) is 23.1. The molecule has 40 heavy (non-hydrogen) atoms. The van der Waals surface area contributed by atoms with Crippen molar-refractivity contribution in [1.82, 2.24) is 19.5 Å². The van der Waals surface area contributed by atoms with Gasteiger partial charge in [-0.25, -0.2) is 14.3 Å². The molecule has 1 aromatic carbocycles. The number of nitrogens with zero attached hydrogens (tertiary/aromatic N) is 6. The number of hydroxylamine groups is 1. The second-order valence-electron chi connectivity index (χ2n) is 10.9. The monoisotopic (exact) mass is 561 g/mol. The molecule has 1 atom stereocenters. The van der Waals surface area contributed by atoms with Gasteiger partial charge >= 0.3 is 6.09 Å². The van der Waals surface area contributed by atoms with Gasteiger partial charge in [-0.2, -0.15) is 15.4 Å². The zero-order chi connectivity index (χ0) is 28.8.